The molecule has 1 saturated heterocycles. The molecule has 0 radical (unpaired) electrons. The summed E-state index contributed by atoms with van der Waals surface area (Å²) in [4.78, 5) is 17.9. The molecule has 0 spiro atoms. The van der Waals surface area contributed by atoms with Gasteiger partial charge in [0.2, 0.25) is 0 Å². The summed E-state index contributed by atoms with van der Waals surface area (Å²) in [5.74, 6) is 1.49. The molecule has 4 rings (SSSR count). The van der Waals surface area contributed by atoms with Gasteiger partial charge in [-0.3, -0.25) is 0 Å². The predicted octanol–water partition coefficient (Wildman–Crippen LogP) is 3.82. The normalized spacial score (nSPS) is 16.1. The number of aromatic nitrogens is 3. The first-order valence-electron chi connectivity index (χ1n) is 8.24. The minimum atomic E-state index is -4.36. The van der Waals surface area contributed by atoms with Crippen molar-refractivity contribution in [3.63, 3.8) is 0 Å². The second kappa shape index (κ2) is 6.71. The van der Waals surface area contributed by atoms with Gasteiger partial charge in [0.15, 0.2) is 0 Å². The molecule has 3 aromatic heterocycles. The molecule has 0 amide bonds. The first kappa shape index (κ1) is 17.0. The lowest BCUT2D eigenvalue weighted by molar-refractivity contribution is -0.137. The second-order valence-electron chi connectivity index (χ2n) is 6.07. The molecular formula is C17H16F3N5S. The molecule has 0 unspecified atom stereocenters. The van der Waals surface area contributed by atoms with Gasteiger partial charge in [-0.05, 0) is 30.0 Å². The van der Waals surface area contributed by atoms with Gasteiger partial charge in [-0.25, -0.2) is 15.0 Å². The lowest BCUT2D eigenvalue weighted by Gasteiger charge is -2.24. The molecule has 5 nitrogen and oxygen atoms in total. The van der Waals surface area contributed by atoms with E-state index in [2.05, 4.69) is 19.9 Å². The number of alkyl halides is 3. The highest BCUT2D eigenvalue weighted by Crippen LogP contribution is 2.30. The van der Waals surface area contributed by atoms with Crippen molar-refractivity contribution in [2.75, 3.05) is 36.0 Å². The molecule has 0 N–H and O–H groups in total. The Morgan fingerprint density at radius 2 is 1.73 bits per heavy atom. The number of pyridine rings is 1. The number of anilines is 2. The van der Waals surface area contributed by atoms with Gasteiger partial charge < -0.3 is 9.80 Å². The first-order valence-corrected chi connectivity index (χ1v) is 9.12. The number of halogens is 3. The van der Waals surface area contributed by atoms with Crippen LogP contribution in [-0.2, 0) is 6.18 Å². The maximum Gasteiger partial charge on any atom is 0.417 e. The Bertz CT molecular complexity index is 893. The molecular weight excluding hydrogens is 363 g/mol. The summed E-state index contributed by atoms with van der Waals surface area (Å²) >= 11 is 1.58. The van der Waals surface area contributed by atoms with Crippen LogP contribution in [0.5, 0.6) is 0 Å². The Morgan fingerprint density at radius 3 is 2.50 bits per heavy atom. The highest BCUT2D eigenvalue weighted by molar-refractivity contribution is 7.16. The summed E-state index contributed by atoms with van der Waals surface area (Å²) in [6, 6.07) is 4.56. The monoisotopic (exact) mass is 379 g/mol. The van der Waals surface area contributed by atoms with Crippen LogP contribution in [0.25, 0.3) is 10.2 Å². The Kier molecular flexibility index (Phi) is 4.39. The van der Waals surface area contributed by atoms with E-state index in [4.69, 9.17) is 0 Å². The summed E-state index contributed by atoms with van der Waals surface area (Å²) < 4.78 is 38.1. The van der Waals surface area contributed by atoms with E-state index in [1.54, 1.807) is 17.7 Å². The molecule has 0 aliphatic carbocycles. The van der Waals surface area contributed by atoms with Crippen LogP contribution in [0, 0.1) is 0 Å². The molecule has 136 valence electrons. The first-order chi connectivity index (χ1) is 12.5. The van der Waals surface area contributed by atoms with Crippen LogP contribution < -0.4 is 9.80 Å². The third-order valence-corrected chi connectivity index (χ3v) is 5.26. The number of hydrogen-bond acceptors (Lipinski definition) is 6. The zero-order valence-electron chi connectivity index (χ0n) is 13.8. The summed E-state index contributed by atoms with van der Waals surface area (Å²) in [5.41, 5.74) is -0.724. The fraction of sp³-hybridized carbons (Fsp3) is 0.353. The van der Waals surface area contributed by atoms with E-state index in [0.717, 1.165) is 54.4 Å². The summed E-state index contributed by atoms with van der Waals surface area (Å²) in [6.45, 7) is 2.98. The van der Waals surface area contributed by atoms with Crippen LogP contribution >= 0.6 is 11.3 Å². The quantitative estimate of drug-likeness (QED) is 0.677. The summed E-state index contributed by atoms with van der Waals surface area (Å²) in [7, 11) is 0. The number of hydrogen-bond donors (Lipinski definition) is 0. The van der Waals surface area contributed by atoms with Crippen LogP contribution in [0.1, 0.15) is 12.0 Å². The molecule has 0 atom stereocenters. The standard InChI is InChI=1S/C17H16F3N5S/c18-17(19,20)12-2-3-14(21-10-12)24-5-1-6-25(8-7-24)15-13-4-9-26-16(13)23-11-22-15/h2-4,9-11H,1,5-8H2. The lowest BCUT2D eigenvalue weighted by atomic mass is 10.2. The van der Waals surface area contributed by atoms with Crippen molar-refractivity contribution in [2.24, 2.45) is 0 Å². The Balaban J connectivity index is 1.51. The van der Waals surface area contributed by atoms with Crippen LogP contribution in [-0.4, -0.2) is 41.1 Å². The number of nitrogens with zero attached hydrogens (tertiary/aromatic N) is 5. The second-order valence-corrected chi connectivity index (χ2v) is 6.96. The van der Waals surface area contributed by atoms with E-state index < -0.39 is 11.7 Å². The average Bonchev–Trinajstić information content (AvgIpc) is 2.98. The molecule has 9 heteroatoms. The average molecular weight is 379 g/mol. The maximum absolute atomic E-state index is 12.7. The molecule has 4 heterocycles. The zero-order valence-corrected chi connectivity index (χ0v) is 14.6. The predicted molar refractivity (Wildman–Crippen MR) is 95.7 cm³/mol. The SMILES string of the molecule is FC(F)(F)c1ccc(N2CCCN(c3ncnc4sccc34)CC2)nc1. The Hall–Kier alpha value is -2.42. The topological polar surface area (TPSA) is 45.2 Å². The van der Waals surface area contributed by atoms with E-state index in [1.807, 2.05) is 16.3 Å². The van der Waals surface area contributed by atoms with Gasteiger partial charge >= 0.3 is 6.18 Å². The van der Waals surface area contributed by atoms with Crippen LogP contribution in [0.4, 0.5) is 24.8 Å². The number of thiophene rings is 1. The largest absolute Gasteiger partial charge is 0.417 e. The van der Waals surface area contributed by atoms with Gasteiger partial charge in [0.1, 0.15) is 22.8 Å². The van der Waals surface area contributed by atoms with Crippen molar-refractivity contribution >= 4 is 33.2 Å². The van der Waals surface area contributed by atoms with Crippen molar-refractivity contribution < 1.29 is 13.2 Å². The van der Waals surface area contributed by atoms with E-state index in [-0.39, 0.29) is 0 Å². The highest BCUT2D eigenvalue weighted by Gasteiger charge is 2.31. The van der Waals surface area contributed by atoms with Crippen LogP contribution in [0.2, 0.25) is 0 Å². The minimum Gasteiger partial charge on any atom is -0.355 e. The van der Waals surface area contributed by atoms with E-state index >= 15 is 0 Å². The third-order valence-electron chi connectivity index (χ3n) is 4.44. The van der Waals surface area contributed by atoms with Crippen molar-refractivity contribution in [1.82, 2.24) is 15.0 Å². The molecule has 26 heavy (non-hydrogen) atoms. The summed E-state index contributed by atoms with van der Waals surface area (Å²) in [6.07, 6.45) is -1.01. The number of fused-ring (bicyclic) bond motifs is 1. The highest BCUT2D eigenvalue weighted by atomic mass is 32.1. The van der Waals surface area contributed by atoms with Crippen molar-refractivity contribution in [3.05, 3.63) is 41.7 Å². The fourth-order valence-corrected chi connectivity index (χ4v) is 3.86. The van der Waals surface area contributed by atoms with Crippen molar-refractivity contribution in [3.8, 4) is 0 Å². The molecule has 1 aliphatic heterocycles. The lowest BCUT2D eigenvalue weighted by Crippen LogP contribution is -2.31. The molecule has 1 fully saturated rings. The van der Waals surface area contributed by atoms with Gasteiger partial charge in [-0.1, -0.05) is 0 Å². The maximum atomic E-state index is 12.7. The van der Waals surface area contributed by atoms with Gasteiger partial charge in [0, 0.05) is 32.4 Å². The smallest absolute Gasteiger partial charge is 0.355 e. The van der Waals surface area contributed by atoms with Crippen LogP contribution in [0.3, 0.4) is 0 Å². The molecule has 3 aromatic rings. The third kappa shape index (κ3) is 3.31. The Labute approximate surface area is 152 Å². The van der Waals surface area contributed by atoms with E-state index in [0.29, 0.717) is 12.4 Å². The van der Waals surface area contributed by atoms with Gasteiger partial charge in [-0.15, -0.1) is 11.3 Å². The van der Waals surface area contributed by atoms with Gasteiger partial charge in [-0.2, -0.15) is 13.2 Å². The van der Waals surface area contributed by atoms with Crippen LogP contribution in [0.15, 0.2) is 36.1 Å². The zero-order chi connectivity index (χ0) is 18.1. The number of rotatable bonds is 2. The minimum absolute atomic E-state index is 0.572. The van der Waals surface area contributed by atoms with E-state index in [9.17, 15) is 13.2 Å². The van der Waals surface area contributed by atoms with Crippen molar-refractivity contribution in [2.45, 2.75) is 12.6 Å². The van der Waals surface area contributed by atoms with E-state index in [1.165, 1.54) is 6.07 Å². The Morgan fingerprint density at radius 1 is 0.923 bits per heavy atom. The molecule has 0 saturated carbocycles. The van der Waals surface area contributed by atoms with Gasteiger partial charge in [0.05, 0.1) is 10.9 Å². The molecule has 1 aliphatic rings. The van der Waals surface area contributed by atoms with Gasteiger partial charge in [0.25, 0.3) is 0 Å². The van der Waals surface area contributed by atoms with Crippen molar-refractivity contribution in [1.29, 1.82) is 0 Å². The molecule has 0 bridgehead atoms. The summed E-state index contributed by atoms with van der Waals surface area (Å²) in [5, 5.41) is 3.04. The molecule has 0 aromatic carbocycles. The fourth-order valence-electron chi connectivity index (χ4n) is 3.13.